The second kappa shape index (κ2) is 7.67. The Morgan fingerprint density at radius 1 is 1.14 bits per heavy atom. The second-order valence-electron chi connectivity index (χ2n) is 8.59. The fourth-order valence-corrected chi connectivity index (χ4v) is 5.86. The second-order valence-corrected chi connectivity index (χ2v) is 10.6. The minimum Gasteiger partial charge on any atom is -0.487 e. The lowest BCUT2D eigenvalue weighted by molar-refractivity contribution is -0.127. The van der Waals surface area contributed by atoms with Crippen molar-refractivity contribution < 1.29 is 17.9 Å². The summed E-state index contributed by atoms with van der Waals surface area (Å²) in [6, 6.07) is 7.99. The van der Waals surface area contributed by atoms with Crippen molar-refractivity contribution in [3.63, 3.8) is 0 Å². The Hall–Kier alpha value is -1.60. The topological polar surface area (TPSA) is 75.7 Å². The smallest absolute Gasteiger partial charge is 0.223 e. The van der Waals surface area contributed by atoms with Gasteiger partial charge in [-0.25, -0.2) is 12.7 Å². The molecule has 1 saturated carbocycles. The zero-order valence-electron chi connectivity index (χ0n) is 16.5. The number of hydrogen-bond donors (Lipinski definition) is 1. The van der Waals surface area contributed by atoms with Crippen LogP contribution in [0.15, 0.2) is 24.3 Å². The van der Waals surface area contributed by atoms with E-state index >= 15 is 0 Å². The van der Waals surface area contributed by atoms with E-state index in [4.69, 9.17) is 4.74 Å². The molecule has 1 N–H and O–H groups in total. The van der Waals surface area contributed by atoms with E-state index < -0.39 is 10.0 Å². The number of nitrogens with one attached hydrogen (secondary N) is 1. The molecule has 2 fully saturated rings. The molecule has 7 heteroatoms. The maximum Gasteiger partial charge on any atom is 0.223 e. The van der Waals surface area contributed by atoms with Gasteiger partial charge in [0, 0.05) is 31.0 Å². The minimum absolute atomic E-state index is 0.0384. The van der Waals surface area contributed by atoms with Crippen molar-refractivity contribution in [2.45, 2.75) is 63.0 Å². The molecule has 1 amide bonds. The first-order chi connectivity index (χ1) is 13.4. The number of carbonyl (C=O) groups excluding carboxylic acids is 1. The van der Waals surface area contributed by atoms with Crippen LogP contribution in [0, 0.1) is 5.92 Å². The third-order valence-corrected chi connectivity index (χ3v) is 7.88. The van der Waals surface area contributed by atoms with E-state index in [-0.39, 0.29) is 23.5 Å². The van der Waals surface area contributed by atoms with Crippen molar-refractivity contribution in [3.8, 4) is 5.75 Å². The van der Waals surface area contributed by atoms with Crippen molar-refractivity contribution in [1.82, 2.24) is 9.62 Å². The molecule has 0 radical (unpaired) electrons. The van der Waals surface area contributed by atoms with E-state index in [0.29, 0.717) is 25.9 Å². The Morgan fingerprint density at radius 2 is 1.82 bits per heavy atom. The van der Waals surface area contributed by atoms with Gasteiger partial charge in [-0.1, -0.05) is 24.6 Å². The summed E-state index contributed by atoms with van der Waals surface area (Å²) >= 11 is 0. The highest BCUT2D eigenvalue weighted by Crippen LogP contribution is 2.46. The molecule has 3 aliphatic rings. The van der Waals surface area contributed by atoms with Crippen LogP contribution in [-0.2, 0) is 14.8 Å². The number of nitrogens with zero attached hydrogens (tertiary/aromatic N) is 1. The number of hydrogen-bond acceptors (Lipinski definition) is 4. The molecule has 0 unspecified atom stereocenters. The first-order valence-corrected chi connectivity index (χ1v) is 12.2. The van der Waals surface area contributed by atoms with Gasteiger partial charge in [0.1, 0.15) is 11.4 Å². The third-order valence-electron chi connectivity index (χ3n) is 6.57. The van der Waals surface area contributed by atoms with Gasteiger partial charge in [-0.3, -0.25) is 4.79 Å². The van der Waals surface area contributed by atoms with Gasteiger partial charge in [0.25, 0.3) is 0 Å². The van der Waals surface area contributed by atoms with Crippen LogP contribution in [0.4, 0.5) is 0 Å². The highest BCUT2D eigenvalue weighted by atomic mass is 32.2. The largest absolute Gasteiger partial charge is 0.487 e. The number of fused-ring (bicyclic) bond motifs is 1. The predicted molar refractivity (Wildman–Crippen MR) is 108 cm³/mol. The summed E-state index contributed by atoms with van der Waals surface area (Å²) in [5, 5.41) is 3.28. The van der Waals surface area contributed by atoms with E-state index in [2.05, 4.69) is 5.32 Å². The Kier molecular flexibility index (Phi) is 5.40. The monoisotopic (exact) mass is 406 g/mol. The van der Waals surface area contributed by atoms with Crippen molar-refractivity contribution in [2.75, 3.05) is 19.3 Å². The maximum absolute atomic E-state index is 13.0. The van der Waals surface area contributed by atoms with E-state index in [1.165, 1.54) is 29.8 Å². The molecule has 2 aliphatic heterocycles. The zero-order chi connectivity index (χ0) is 19.8. The first-order valence-electron chi connectivity index (χ1n) is 10.4. The lowest BCUT2D eigenvalue weighted by Gasteiger charge is -2.45. The van der Waals surface area contributed by atoms with Gasteiger partial charge in [0.15, 0.2) is 0 Å². The van der Waals surface area contributed by atoms with Crippen molar-refractivity contribution in [3.05, 3.63) is 29.8 Å². The molecule has 28 heavy (non-hydrogen) atoms. The van der Waals surface area contributed by atoms with Gasteiger partial charge in [-0.2, -0.15) is 0 Å². The Labute approximate surface area is 167 Å². The van der Waals surface area contributed by atoms with Gasteiger partial charge in [0.05, 0.1) is 12.3 Å². The minimum atomic E-state index is -3.18. The number of sulfonamides is 1. The molecule has 154 valence electrons. The molecule has 2 heterocycles. The van der Waals surface area contributed by atoms with Crippen LogP contribution >= 0.6 is 0 Å². The number of ether oxygens (including phenoxy) is 1. The molecule has 1 aromatic rings. The number of benzene rings is 1. The van der Waals surface area contributed by atoms with Gasteiger partial charge in [-0.05, 0) is 44.6 Å². The number of piperidine rings is 1. The van der Waals surface area contributed by atoms with E-state index in [1.807, 2.05) is 24.3 Å². The van der Waals surface area contributed by atoms with Gasteiger partial charge in [0.2, 0.25) is 15.9 Å². The molecule has 1 saturated heterocycles. The van der Waals surface area contributed by atoms with Gasteiger partial charge < -0.3 is 10.1 Å². The SMILES string of the molecule is CS(=O)(=O)N1CCC(C(=O)N[C@@H]2CC3(CCCCC3)Oc3ccccc32)CC1. The molecule has 1 aliphatic carbocycles. The highest BCUT2D eigenvalue weighted by Gasteiger charge is 2.42. The third kappa shape index (κ3) is 4.06. The molecule has 0 aromatic heterocycles. The fourth-order valence-electron chi connectivity index (χ4n) is 4.99. The fraction of sp³-hybridized carbons (Fsp3) is 0.667. The Balaban J connectivity index is 1.47. The molecular formula is C21H30N2O4S. The summed E-state index contributed by atoms with van der Waals surface area (Å²) < 4.78 is 31.3. The summed E-state index contributed by atoms with van der Waals surface area (Å²) in [7, 11) is -3.18. The quantitative estimate of drug-likeness (QED) is 0.837. The Bertz CT molecular complexity index is 825. The van der Waals surface area contributed by atoms with E-state index in [0.717, 1.165) is 30.6 Å². The normalized spacial score (nSPS) is 25.7. The van der Waals surface area contributed by atoms with Crippen LogP contribution < -0.4 is 10.1 Å². The molecule has 4 rings (SSSR count). The van der Waals surface area contributed by atoms with Crippen LogP contribution in [0.25, 0.3) is 0 Å². The average Bonchev–Trinajstić information content (AvgIpc) is 2.68. The lowest BCUT2D eigenvalue weighted by Crippen LogP contribution is -2.48. The Morgan fingerprint density at radius 3 is 2.50 bits per heavy atom. The molecule has 0 bridgehead atoms. The summed E-state index contributed by atoms with van der Waals surface area (Å²) in [4.78, 5) is 13.0. The highest BCUT2D eigenvalue weighted by molar-refractivity contribution is 7.88. The molecule has 1 atom stereocenters. The van der Waals surface area contributed by atoms with Crippen molar-refractivity contribution in [2.24, 2.45) is 5.92 Å². The number of carbonyl (C=O) groups is 1. The molecular weight excluding hydrogens is 376 g/mol. The number of rotatable bonds is 3. The van der Waals surface area contributed by atoms with Crippen LogP contribution in [0.5, 0.6) is 5.75 Å². The number of amides is 1. The molecule has 1 spiro atoms. The first kappa shape index (κ1) is 19.7. The van der Waals surface area contributed by atoms with Crippen LogP contribution in [0.1, 0.15) is 63.0 Å². The molecule has 6 nitrogen and oxygen atoms in total. The van der Waals surface area contributed by atoms with E-state index in [1.54, 1.807) is 0 Å². The van der Waals surface area contributed by atoms with Crippen molar-refractivity contribution >= 4 is 15.9 Å². The van der Waals surface area contributed by atoms with Crippen molar-refractivity contribution in [1.29, 1.82) is 0 Å². The summed E-state index contributed by atoms with van der Waals surface area (Å²) in [5.41, 5.74) is 0.894. The van der Waals surface area contributed by atoms with Crippen LogP contribution in [0.3, 0.4) is 0 Å². The van der Waals surface area contributed by atoms with E-state index in [9.17, 15) is 13.2 Å². The summed E-state index contributed by atoms with van der Waals surface area (Å²) in [6.07, 6.45) is 8.89. The summed E-state index contributed by atoms with van der Waals surface area (Å²) in [5.74, 6) is 0.809. The predicted octanol–water partition coefficient (Wildman–Crippen LogP) is 3.00. The average molecular weight is 407 g/mol. The van der Waals surface area contributed by atoms with Crippen LogP contribution in [-0.4, -0.2) is 43.6 Å². The maximum atomic E-state index is 13.0. The summed E-state index contributed by atoms with van der Waals surface area (Å²) in [6.45, 7) is 0.844. The van der Waals surface area contributed by atoms with Gasteiger partial charge >= 0.3 is 0 Å². The molecule has 1 aromatic carbocycles. The number of para-hydroxylation sites is 1. The van der Waals surface area contributed by atoms with Gasteiger partial charge in [-0.15, -0.1) is 0 Å². The zero-order valence-corrected chi connectivity index (χ0v) is 17.3. The lowest BCUT2D eigenvalue weighted by atomic mass is 9.77. The standard InChI is InChI=1S/C21H30N2O4S/c1-28(25,26)23-13-9-16(10-14-23)20(24)22-18-15-21(11-5-2-6-12-21)27-19-8-4-3-7-17(18)19/h3-4,7-8,16,18H,2,5-6,9-15H2,1H3,(H,22,24)/t18-/m1/s1. The van der Waals surface area contributed by atoms with Crippen LogP contribution in [0.2, 0.25) is 0 Å².